The van der Waals surface area contributed by atoms with Gasteiger partial charge in [0.15, 0.2) is 12.2 Å². The Balaban J connectivity index is 1.46. The Morgan fingerprint density at radius 2 is 2.03 bits per heavy atom. The molecule has 0 aliphatic rings. The molecule has 7 heteroatoms. The fourth-order valence-electron chi connectivity index (χ4n) is 2.88. The number of aromatic nitrogens is 2. The van der Waals surface area contributed by atoms with Gasteiger partial charge in [0.2, 0.25) is 5.89 Å². The molecule has 0 aliphatic heterocycles. The molecule has 1 amide bonds. The fourth-order valence-corrected chi connectivity index (χ4v) is 3.24. The summed E-state index contributed by atoms with van der Waals surface area (Å²) in [4.78, 5) is 20.9. The van der Waals surface area contributed by atoms with Crippen molar-refractivity contribution < 1.29 is 13.9 Å². The molecule has 6 nitrogen and oxygen atoms in total. The topological polar surface area (TPSA) is 77.2 Å². The highest BCUT2D eigenvalue weighted by Crippen LogP contribution is 2.27. The summed E-state index contributed by atoms with van der Waals surface area (Å²) in [6.45, 7) is 3.91. The average Bonchev–Trinajstić information content (AvgIpc) is 3.12. The van der Waals surface area contributed by atoms with Crippen LogP contribution in [0.5, 0.6) is 5.75 Å². The number of rotatable bonds is 5. The number of amides is 1. The zero-order valence-electron chi connectivity index (χ0n) is 15.9. The Morgan fingerprint density at radius 1 is 1.17 bits per heavy atom. The van der Waals surface area contributed by atoms with Crippen LogP contribution in [0.2, 0.25) is 0 Å². The molecule has 4 rings (SSSR count). The highest BCUT2D eigenvalue weighted by atomic mass is 79.9. The monoisotopic (exact) mass is 451 g/mol. The van der Waals surface area contributed by atoms with E-state index in [1.165, 1.54) is 0 Å². The molecular weight excluding hydrogens is 434 g/mol. The molecule has 2 heterocycles. The average molecular weight is 452 g/mol. The number of halogens is 1. The molecule has 0 atom stereocenters. The lowest BCUT2D eigenvalue weighted by Gasteiger charge is -2.11. The first-order valence-corrected chi connectivity index (χ1v) is 9.79. The van der Waals surface area contributed by atoms with Gasteiger partial charge in [-0.3, -0.25) is 9.78 Å². The van der Waals surface area contributed by atoms with Crippen LogP contribution in [0.1, 0.15) is 11.1 Å². The molecule has 4 aromatic rings. The first-order chi connectivity index (χ1) is 14.0. The summed E-state index contributed by atoms with van der Waals surface area (Å²) in [7, 11) is 0. The molecule has 1 N–H and O–H groups in total. The molecule has 2 aromatic carbocycles. The van der Waals surface area contributed by atoms with E-state index in [1.54, 1.807) is 30.6 Å². The molecule has 0 saturated heterocycles. The Kier molecular flexibility index (Phi) is 5.31. The number of nitrogens with zero attached hydrogens (tertiary/aromatic N) is 2. The second-order valence-corrected chi connectivity index (χ2v) is 7.54. The van der Waals surface area contributed by atoms with Crippen molar-refractivity contribution in [3.8, 4) is 17.2 Å². The summed E-state index contributed by atoms with van der Waals surface area (Å²) in [5, 5.41) is 2.83. The zero-order chi connectivity index (χ0) is 20.4. The first kappa shape index (κ1) is 19.1. The lowest BCUT2D eigenvalue weighted by atomic mass is 10.1. The number of carbonyl (C=O) groups is 1. The summed E-state index contributed by atoms with van der Waals surface area (Å²) in [5.41, 5.74) is 4.81. The van der Waals surface area contributed by atoms with Crippen LogP contribution in [-0.2, 0) is 4.79 Å². The fraction of sp³-hybridized carbons (Fsp3) is 0.136. The van der Waals surface area contributed by atoms with Gasteiger partial charge in [0.05, 0.1) is 5.56 Å². The third-order valence-corrected chi connectivity index (χ3v) is 4.97. The number of hydrogen-bond donors (Lipinski definition) is 1. The molecule has 0 bridgehead atoms. The minimum Gasteiger partial charge on any atom is -0.483 e. The molecule has 0 fully saturated rings. The third-order valence-electron chi connectivity index (χ3n) is 4.54. The van der Waals surface area contributed by atoms with Gasteiger partial charge < -0.3 is 14.5 Å². The van der Waals surface area contributed by atoms with E-state index in [0.29, 0.717) is 28.4 Å². The van der Waals surface area contributed by atoms with Crippen molar-refractivity contribution in [3.05, 3.63) is 70.5 Å². The van der Waals surface area contributed by atoms with Crippen LogP contribution >= 0.6 is 15.9 Å². The van der Waals surface area contributed by atoms with E-state index in [0.717, 1.165) is 21.2 Å². The van der Waals surface area contributed by atoms with Crippen molar-refractivity contribution in [2.24, 2.45) is 0 Å². The van der Waals surface area contributed by atoms with Gasteiger partial charge in [-0.05, 0) is 71.2 Å². The first-order valence-electron chi connectivity index (χ1n) is 9.00. The minimum atomic E-state index is -0.245. The highest BCUT2D eigenvalue weighted by molar-refractivity contribution is 9.10. The van der Waals surface area contributed by atoms with Crippen LogP contribution in [0.3, 0.4) is 0 Å². The Labute approximate surface area is 176 Å². The van der Waals surface area contributed by atoms with Gasteiger partial charge in [-0.15, -0.1) is 0 Å². The van der Waals surface area contributed by atoms with Crippen LogP contribution in [0, 0.1) is 13.8 Å². The number of carbonyl (C=O) groups excluding carboxylic acids is 1. The molecule has 0 saturated carbocycles. The van der Waals surface area contributed by atoms with E-state index in [4.69, 9.17) is 9.15 Å². The number of ether oxygens (including phenoxy) is 1. The zero-order valence-corrected chi connectivity index (χ0v) is 17.5. The van der Waals surface area contributed by atoms with Crippen molar-refractivity contribution >= 4 is 38.6 Å². The second kappa shape index (κ2) is 8.05. The van der Waals surface area contributed by atoms with Crippen molar-refractivity contribution in [2.75, 3.05) is 11.9 Å². The summed E-state index contributed by atoms with van der Waals surface area (Å²) in [5.74, 6) is 0.931. The molecule has 0 unspecified atom stereocenters. The van der Waals surface area contributed by atoms with Gasteiger partial charge >= 0.3 is 0 Å². The van der Waals surface area contributed by atoms with Gasteiger partial charge in [-0.25, -0.2) is 4.98 Å². The van der Waals surface area contributed by atoms with Crippen LogP contribution in [0.4, 0.5) is 5.69 Å². The number of fused-ring (bicyclic) bond motifs is 1. The van der Waals surface area contributed by atoms with Crippen LogP contribution < -0.4 is 10.1 Å². The largest absolute Gasteiger partial charge is 0.483 e. The minimum absolute atomic E-state index is 0.0733. The predicted molar refractivity (Wildman–Crippen MR) is 115 cm³/mol. The Morgan fingerprint density at radius 3 is 2.86 bits per heavy atom. The predicted octanol–water partition coefficient (Wildman–Crippen LogP) is 5.29. The molecular formula is C22H18BrN3O3. The molecule has 0 spiro atoms. The van der Waals surface area contributed by atoms with Gasteiger partial charge in [-0.2, -0.15) is 0 Å². The number of oxazole rings is 1. The Hall–Kier alpha value is -3.19. The van der Waals surface area contributed by atoms with E-state index in [2.05, 4.69) is 31.2 Å². The standard InChI is InChI=1S/C22H18BrN3O3/c1-13-4-3-5-19(14(13)2)28-12-21(27)25-17-6-7-20-18(9-17)26-22(29-20)15-8-16(23)11-24-10-15/h3-11H,12H2,1-2H3,(H,25,27). The Bertz CT molecular complexity index is 1200. The summed E-state index contributed by atoms with van der Waals surface area (Å²) >= 11 is 3.39. The van der Waals surface area contributed by atoms with E-state index in [9.17, 15) is 4.79 Å². The molecule has 146 valence electrons. The quantitative estimate of drug-likeness (QED) is 0.446. The maximum Gasteiger partial charge on any atom is 0.262 e. The second-order valence-electron chi connectivity index (χ2n) is 6.63. The molecule has 2 aromatic heterocycles. The van der Waals surface area contributed by atoms with E-state index in [1.807, 2.05) is 38.1 Å². The lowest BCUT2D eigenvalue weighted by molar-refractivity contribution is -0.118. The number of benzene rings is 2. The number of pyridine rings is 1. The van der Waals surface area contributed by atoms with Gasteiger partial charge in [0, 0.05) is 22.6 Å². The maximum atomic E-state index is 12.3. The van der Waals surface area contributed by atoms with Gasteiger partial charge in [0.25, 0.3) is 5.91 Å². The van der Waals surface area contributed by atoms with E-state index < -0.39 is 0 Å². The number of anilines is 1. The van der Waals surface area contributed by atoms with E-state index in [-0.39, 0.29) is 12.5 Å². The van der Waals surface area contributed by atoms with Crippen molar-refractivity contribution in [1.82, 2.24) is 9.97 Å². The van der Waals surface area contributed by atoms with Crippen LogP contribution in [-0.4, -0.2) is 22.5 Å². The van der Waals surface area contributed by atoms with Gasteiger partial charge in [-0.1, -0.05) is 12.1 Å². The number of hydrogen-bond acceptors (Lipinski definition) is 5. The van der Waals surface area contributed by atoms with E-state index >= 15 is 0 Å². The van der Waals surface area contributed by atoms with Crippen molar-refractivity contribution in [1.29, 1.82) is 0 Å². The molecule has 0 radical (unpaired) electrons. The van der Waals surface area contributed by atoms with Gasteiger partial charge in [0.1, 0.15) is 11.3 Å². The highest BCUT2D eigenvalue weighted by Gasteiger charge is 2.11. The number of nitrogens with one attached hydrogen (secondary N) is 1. The summed E-state index contributed by atoms with van der Waals surface area (Å²) < 4.78 is 12.3. The van der Waals surface area contributed by atoms with Crippen LogP contribution in [0.15, 0.2) is 63.7 Å². The SMILES string of the molecule is Cc1cccc(OCC(=O)Nc2ccc3oc(-c4cncc(Br)c4)nc3c2)c1C. The van der Waals surface area contributed by atoms with Crippen LogP contribution in [0.25, 0.3) is 22.6 Å². The molecule has 29 heavy (non-hydrogen) atoms. The smallest absolute Gasteiger partial charge is 0.262 e. The summed E-state index contributed by atoms with van der Waals surface area (Å²) in [6.07, 6.45) is 3.38. The van der Waals surface area contributed by atoms with Crippen molar-refractivity contribution in [3.63, 3.8) is 0 Å². The third kappa shape index (κ3) is 4.30. The van der Waals surface area contributed by atoms with Crippen molar-refractivity contribution in [2.45, 2.75) is 13.8 Å². The summed E-state index contributed by atoms with van der Waals surface area (Å²) in [6, 6.07) is 13.0. The maximum absolute atomic E-state index is 12.3. The molecule has 0 aliphatic carbocycles. The number of aryl methyl sites for hydroxylation is 1. The normalized spacial score (nSPS) is 10.9. The lowest BCUT2D eigenvalue weighted by Crippen LogP contribution is -2.20.